The Kier molecular flexibility index (Phi) is 2.49. The standard InChI is InChI=1S/C9H8BrNO2/c10-3-4-12-7-1-2-8-9(5-7)13-6-11-8/h1-2,5-6H,3-4H2. The van der Waals surface area contributed by atoms with Gasteiger partial charge < -0.3 is 9.15 Å². The number of hydrogen-bond acceptors (Lipinski definition) is 3. The van der Waals surface area contributed by atoms with Gasteiger partial charge >= 0.3 is 0 Å². The Bertz CT molecular complexity index is 399. The van der Waals surface area contributed by atoms with Crippen LogP contribution in [0.5, 0.6) is 5.75 Å². The summed E-state index contributed by atoms with van der Waals surface area (Å²) in [6, 6.07) is 5.60. The number of alkyl halides is 1. The number of rotatable bonds is 3. The number of benzene rings is 1. The van der Waals surface area contributed by atoms with Crippen molar-refractivity contribution in [2.75, 3.05) is 11.9 Å². The summed E-state index contributed by atoms with van der Waals surface area (Å²) in [5.41, 5.74) is 1.61. The summed E-state index contributed by atoms with van der Waals surface area (Å²) in [6.07, 6.45) is 1.43. The number of oxazole rings is 1. The zero-order valence-corrected chi connectivity index (χ0v) is 8.45. The summed E-state index contributed by atoms with van der Waals surface area (Å²) < 4.78 is 10.5. The third-order valence-corrected chi connectivity index (χ3v) is 1.97. The van der Waals surface area contributed by atoms with Crippen molar-refractivity contribution in [2.45, 2.75) is 0 Å². The molecule has 1 aromatic heterocycles. The van der Waals surface area contributed by atoms with E-state index in [4.69, 9.17) is 9.15 Å². The molecule has 0 amide bonds. The van der Waals surface area contributed by atoms with Gasteiger partial charge in [0.05, 0.1) is 6.61 Å². The van der Waals surface area contributed by atoms with E-state index >= 15 is 0 Å². The highest BCUT2D eigenvalue weighted by atomic mass is 79.9. The lowest BCUT2D eigenvalue weighted by atomic mass is 10.3. The number of ether oxygens (including phenoxy) is 1. The zero-order chi connectivity index (χ0) is 9.10. The molecule has 0 bridgehead atoms. The molecule has 0 aliphatic carbocycles. The van der Waals surface area contributed by atoms with Gasteiger partial charge in [-0.3, -0.25) is 0 Å². The maximum Gasteiger partial charge on any atom is 0.181 e. The fourth-order valence-corrected chi connectivity index (χ4v) is 1.24. The molecule has 0 unspecified atom stereocenters. The van der Waals surface area contributed by atoms with E-state index in [1.54, 1.807) is 0 Å². The molecule has 13 heavy (non-hydrogen) atoms. The van der Waals surface area contributed by atoms with Crippen LogP contribution in [0, 0.1) is 0 Å². The van der Waals surface area contributed by atoms with Crippen molar-refractivity contribution < 1.29 is 9.15 Å². The second-order valence-electron chi connectivity index (χ2n) is 2.52. The molecule has 0 atom stereocenters. The fraction of sp³-hybridized carbons (Fsp3) is 0.222. The molecule has 0 N–H and O–H groups in total. The first-order valence-corrected chi connectivity index (χ1v) is 5.04. The van der Waals surface area contributed by atoms with Crippen LogP contribution in [-0.2, 0) is 0 Å². The zero-order valence-electron chi connectivity index (χ0n) is 6.87. The van der Waals surface area contributed by atoms with Gasteiger partial charge in [-0.2, -0.15) is 0 Å². The number of fused-ring (bicyclic) bond motifs is 1. The number of nitrogens with zero attached hydrogens (tertiary/aromatic N) is 1. The van der Waals surface area contributed by atoms with Gasteiger partial charge in [0.2, 0.25) is 0 Å². The van der Waals surface area contributed by atoms with E-state index in [-0.39, 0.29) is 0 Å². The predicted molar refractivity (Wildman–Crippen MR) is 53.3 cm³/mol. The van der Waals surface area contributed by atoms with Crippen molar-refractivity contribution >= 4 is 27.0 Å². The van der Waals surface area contributed by atoms with Crippen molar-refractivity contribution in [3.63, 3.8) is 0 Å². The number of aromatic nitrogens is 1. The minimum Gasteiger partial charge on any atom is -0.493 e. The maximum atomic E-state index is 5.40. The van der Waals surface area contributed by atoms with Gasteiger partial charge in [-0.05, 0) is 12.1 Å². The highest BCUT2D eigenvalue weighted by Gasteiger charge is 1.99. The second kappa shape index (κ2) is 3.79. The van der Waals surface area contributed by atoms with Crippen LogP contribution in [0.4, 0.5) is 0 Å². The first kappa shape index (κ1) is 8.56. The van der Waals surface area contributed by atoms with E-state index in [0.29, 0.717) is 6.61 Å². The molecule has 0 aliphatic heterocycles. The van der Waals surface area contributed by atoms with Crippen LogP contribution in [0.2, 0.25) is 0 Å². The van der Waals surface area contributed by atoms with E-state index in [0.717, 1.165) is 22.2 Å². The van der Waals surface area contributed by atoms with Crippen LogP contribution in [-0.4, -0.2) is 16.9 Å². The average molecular weight is 242 g/mol. The van der Waals surface area contributed by atoms with Gasteiger partial charge in [-0.15, -0.1) is 0 Å². The highest BCUT2D eigenvalue weighted by molar-refractivity contribution is 9.09. The molecule has 4 heteroatoms. The Morgan fingerprint density at radius 1 is 1.46 bits per heavy atom. The van der Waals surface area contributed by atoms with Crippen LogP contribution in [0.15, 0.2) is 29.0 Å². The summed E-state index contributed by atoms with van der Waals surface area (Å²) in [6.45, 7) is 0.652. The van der Waals surface area contributed by atoms with Crippen molar-refractivity contribution in [3.8, 4) is 5.75 Å². The van der Waals surface area contributed by atoms with Crippen LogP contribution < -0.4 is 4.74 Å². The molecule has 0 spiro atoms. The summed E-state index contributed by atoms with van der Waals surface area (Å²) in [4.78, 5) is 4.01. The molecule has 2 aromatic rings. The Morgan fingerprint density at radius 3 is 3.23 bits per heavy atom. The lowest BCUT2D eigenvalue weighted by Crippen LogP contribution is -1.96. The minimum atomic E-state index is 0.652. The Labute approximate surface area is 83.8 Å². The summed E-state index contributed by atoms with van der Waals surface area (Å²) in [5, 5.41) is 0.821. The molecule has 0 aliphatic rings. The summed E-state index contributed by atoms with van der Waals surface area (Å²) >= 11 is 3.29. The van der Waals surface area contributed by atoms with Gasteiger partial charge in [0, 0.05) is 11.4 Å². The topological polar surface area (TPSA) is 35.3 Å². The van der Waals surface area contributed by atoms with Gasteiger partial charge in [0.1, 0.15) is 11.3 Å². The lowest BCUT2D eigenvalue weighted by Gasteiger charge is -2.01. The first-order valence-electron chi connectivity index (χ1n) is 3.92. The highest BCUT2D eigenvalue weighted by Crippen LogP contribution is 2.19. The SMILES string of the molecule is BrCCOc1ccc2ncoc2c1. The van der Waals surface area contributed by atoms with E-state index in [1.807, 2.05) is 18.2 Å². The van der Waals surface area contributed by atoms with Crippen molar-refractivity contribution in [1.82, 2.24) is 4.98 Å². The van der Waals surface area contributed by atoms with E-state index in [9.17, 15) is 0 Å². The maximum absolute atomic E-state index is 5.40. The summed E-state index contributed by atoms with van der Waals surface area (Å²) in [5.74, 6) is 0.809. The number of halogens is 1. The van der Waals surface area contributed by atoms with Crippen molar-refractivity contribution in [2.24, 2.45) is 0 Å². The van der Waals surface area contributed by atoms with E-state index < -0.39 is 0 Å². The minimum absolute atomic E-state index is 0.652. The summed E-state index contributed by atoms with van der Waals surface area (Å²) in [7, 11) is 0. The van der Waals surface area contributed by atoms with Crippen LogP contribution in [0.3, 0.4) is 0 Å². The first-order chi connectivity index (χ1) is 6.40. The van der Waals surface area contributed by atoms with Gasteiger partial charge in [-0.1, -0.05) is 15.9 Å². The van der Waals surface area contributed by atoms with Gasteiger partial charge in [0.15, 0.2) is 12.0 Å². The number of hydrogen-bond donors (Lipinski definition) is 0. The van der Waals surface area contributed by atoms with Crippen molar-refractivity contribution in [3.05, 3.63) is 24.6 Å². The Morgan fingerprint density at radius 2 is 2.38 bits per heavy atom. The van der Waals surface area contributed by atoms with Gasteiger partial charge in [0.25, 0.3) is 0 Å². The van der Waals surface area contributed by atoms with E-state index in [2.05, 4.69) is 20.9 Å². The third kappa shape index (κ3) is 1.83. The molecule has 0 fully saturated rings. The molecule has 2 rings (SSSR count). The van der Waals surface area contributed by atoms with E-state index in [1.165, 1.54) is 6.39 Å². The molecule has 1 aromatic carbocycles. The normalized spacial score (nSPS) is 10.5. The monoisotopic (exact) mass is 241 g/mol. The molecular formula is C9H8BrNO2. The predicted octanol–water partition coefficient (Wildman–Crippen LogP) is 2.60. The molecule has 68 valence electrons. The Hall–Kier alpha value is -1.03. The molecular weight excluding hydrogens is 234 g/mol. The van der Waals surface area contributed by atoms with Crippen LogP contribution in [0.25, 0.3) is 11.1 Å². The molecule has 0 saturated heterocycles. The molecule has 1 heterocycles. The second-order valence-corrected chi connectivity index (χ2v) is 3.31. The largest absolute Gasteiger partial charge is 0.493 e. The molecule has 3 nitrogen and oxygen atoms in total. The fourth-order valence-electron chi connectivity index (χ4n) is 1.08. The van der Waals surface area contributed by atoms with Crippen LogP contribution in [0.1, 0.15) is 0 Å². The van der Waals surface area contributed by atoms with Gasteiger partial charge in [-0.25, -0.2) is 4.98 Å². The average Bonchev–Trinajstić information content (AvgIpc) is 2.61. The quantitative estimate of drug-likeness (QED) is 0.776. The molecule has 0 radical (unpaired) electrons. The van der Waals surface area contributed by atoms with Crippen LogP contribution >= 0.6 is 15.9 Å². The third-order valence-electron chi connectivity index (χ3n) is 1.65. The van der Waals surface area contributed by atoms with Crippen molar-refractivity contribution in [1.29, 1.82) is 0 Å². The molecule has 0 saturated carbocycles. The Balaban J connectivity index is 2.26. The lowest BCUT2D eigenvalue weighted by molar-refractivity contribution is 0.345. The smallest absolute Gasteiger partial charge is 0.181 e.